The summed E-state index contributed by atoms with van der Waals surface area (Å²) in [6, 6.07) is 10.5. The molecule has 0 aliphatic carbocycles. The van der Waals surface area contributed by atoms with E-state index in [9.17, 15) is 23.2 Å². The van der Waals surface area contributed by atoms with E-state index in [1.165, 1.54) is 6.07 Å². The number of nitriles is 1. The number of halogens is 3. The van der Waals surface area contributed by atoms with Crippen LogP contribution in [0.25, 0.3) is 11.3 Å². The van der Waals surface area contributed by atoms with E-state index in [4.69, 9.17) is 9.47 Å². The first-order chi connectivity index (χ1) is 12.6. The second-order valence-electron chi connectivity index (χ2n) is 6.66. The fourth-order valence-corrected chi connectivity index (χ4v) is 3.06. The van der Waals surface area contributed by atoms with Gasteiger partial charge in [0.25, 0.3) is 5.56 Å². The highest BCUT2D eigenvalue weighted by atomic mass is 19.4. The summed E-state index contributed by atoms with van der Waals surface area (Å²) in [7, 11) is 0. The van der Waals surface area contributed by atoms with Crippen LogP contribution < -0.4 is 5.56 Å². The van der Waals surface area contributed by atoms with Gasteiger partial charge in [-0.05, 0) is 25.5 Å². The number of ether oxygens (including phenoxy) is 2. The van der Waals surface area contributed by atoms with Crippen LogP contribution in [-0.4, -0.2) is 23.1 Å². The van der Waals surface area contributed by atoms with E-state index in [1.807, 2.05) is 0 Å². The maximum atomic E-state index is 13.4. The summed E-state index contributed by atoms with van der Waals surface area (Å²) in [5.41, 5.74) is -2.67. The van der Waals surface area contributed by atoms with Crippen LogP contribution in [0.3, 0.4) is 0 Å². The molecule has 0 saturated carbocycles. The fraction of sp³-hybridized carbons (Fsp3) is 0.368. The van der Waals surface area contributed by atoms with Gasteiger partial charge in [-0.3, -0.25) is 4.79 Å². The Labute approximate surface area is 153 Å². The van der Waals surface area contributed by atoms with Crippen molar-refractivity contribution in [2.75, 3.05) is 6.61 Å². The highest BCUT2D eigenvalue weighted by molar-refractivity contribution is 5.62. The number of hydrogen-bond donors (Lipinski definition) is 0. The van der Waals surface area contributed by atoms with E-state index in [0.29, 0.717) is 5.56 Å². The van der Waals surface area contributed by atoms with Crippen LogP contribution in [0, 0.1) is 11.3 Å². The molecule has 27 heavy (non-hydrogen) atoms. The Balaban J connectivity index is 2.19. The quantitative estimate of drug-likeness (QED) is 0.819. The molecule has 1 aromatic carbocycles. The number of hydrogen-bond acceptors (Lipinski definition) is 4. The van der Waals surface area contributed by atoms with Crippen LogP contribution in [0.1, 0.15) is 25.0 Å². The number of nitrogens with zero attached hydrogens (tertiary/aromatic N) is 2. The molecule has 2 heterocycles. The van der Waals surface area contributed by atoms with Crippen molar-refractivity contribution in [2.24, 2.45) is 0 Å². The molecule has 142 valence electrons. The molecule has 0 spiro atoms. The zero-order valence-electron chi connectivity index (χ0n) is 14.7. The van der Waals surface area contributed by atoms with Crippen LogP contribution in [0.2, 0.25) is 0 Å². The Morgan fingerprint density at radius 3 is 2.48 bits per heavy atom. The van der Waals surface area contributed by atoms with Gasteiger partial charge in [-0.1, -0.05) is 30.3 Å². The summed E-state index contributed by atoms with van der Waals surface area (Å²) in [4.78, 5) is 12.8. The molecule has 1 fully saturated rings. The zero-order chi connectivity index (χ0) is 19.8. The largest absolute Gasteiger partial charge is 0.417 e. The third-order valence-electron chi connectivity index (χ3n) is 4.24. The fourth-order valence-electron chi connectivity index (χ4n) is 3.06. The molecule has 0 N–H and O–H groups in total. The summed E-state index contributed by atoms with van der Waals surface area (Å²) in [6.07, 6.45) is -5.34. The van der Waals surface area contributed by atoms with Crippen molar-refractivity contribution >= 4 is 0 Å². The molecule has 1 unspecified atom stereocenters. The molecule has 3 rings (SSSR count). The van der Waals surface area contributed by atoms with E-state index < -0.39 is 34.8 Å². The molecule has 1 aromatic heterocycles. The van der Waals surface area contributed by atoms with Gasteiger partial charge >= 0.3 is 6.18 Å². The normalized spacial score (nSPS) is 19.0. The average molecular weight is 378 g/mol. The maximum absolute atomic E-state index is 13.4. The molecule has 0 amide bonds. The number of benzene rings is 1. The van der Waals surface area contributed by atoms with Gasteiger partial charge in [-0.15, -0.1) is 0 Å². The second kappa shape index (κ2) is 6.83. The molecule has 2 aromatic rings. The van der Waals surface area contributed by atoms with Gasteiger partial charge < -0.3 is 14.0 Å². The van der Waals surface area contributed by atoms with Crippen LogP contribution in [0.5, 0.6) is 0 Å². The summed E-state index contributed by atoms with van der Waals surface area (Å²) in [5, 5.41) is 9.17. The molecular weight excluding hydrogens is 361 g/mol. The third-order valence-corrected chi connectivity index (χ3v) is 4.24. The highest BCUT2D eigenvalue weighted by Crippen LogP contribution is 2.34. The summed E-state index contributed by atoms with van der Waals surface area (Å²) >= 11 is 0. The van der Waals surface area contributed by atoms with E-state index in [-0.39, 0.29) is 18.8 Å². The van der Waals surface area contributed by atoms with Gasteiger partial charge in [0.2, 0.25) is 0 Å². The maximum Gasteiger partial charge on any atom is 0.417 e. The van der Waals surface area contributed by atoms with Crippen LogP contribution in [0.15, 0.2) is 41.2 Å². The van der Waals surface area contributed by atoms with Crippen molar-refractivity contribution in [3.8, 4) is 17.3 Å². The Bertz CT molecular complexity index is 944. The first-order valence-corrected chi connectivity index (χ1v) is 8.25. The molecule has 8 heteroatoms. The molecule has 1 saturated heterocycles. The molecule has 1 atom stereocenters. The molecule has 0 radical (unpaired) electrons. The third kappa shape index (κ3) is 3.89. The van der Waals surface area contributed by atoms with Gasteiger partial charge in [-0.2, -0.15) is 18.4 Å². The molecular formula is C19H17F3N2O3. The topological polar surface area (TPSA) is 64.2 Å². The summed E-state index contributed by atoms with van der Waals surface area (Å²) < 4.78 is 52.5. The van der Waals surface area contributed by atoms with Crippen LogP contribution in [0.4, 0.5) is 13.2 Å². The molecule has 1 aliphatic heterocycles. The number of rotatable bonds is 3. The lowest BCUT2D eigenvalue weighted by Crippen LogP contribution is -2.33. The summed E-state index contributed by atoms with van der Waals surface area (Å²) in [5.74, 6) is -0.842. The van der Waals surface area contributed by atoms with Crippen LogP contribution >= 0.6 is 0 Å². The standard InChI is InChI=1S/C19H17F3N2O3/c1-18(2)26-11-13(27-18)10-24-16(12-6-4-3-5-7-12)8-15(19(20,21)22)14(9-23)17(24)25/h3-8,13H,10-11H2,1-2H3. The predicted molar refractivity (Wildman–Crippen MR) is 90.8 cm³/mol. The minimum atomic E-state index is -4.82. The van der Waals surface area contributed by atoms with Crippen molar-refractivity contribution in [1.29, 1.82) is 5.26 Å². The lowest BCUT2D eigenvalue weighted by atomic mass is 10.0. The Morgan fingerprint density at radius 2 is 1.96 bits per heavy atom. The van der Waals surface area contributed by atoms with Crippen LogP contribution in [-0.2, 0) is 22.2 Å². The Hall–Kier alpha value is -2.63. The first kappa shape index (κ1) is 19.1. The Kier molecular flexibility index (Phi) is 4.84. The monoisotopic (exact) mass is 378 g/mol. The number of pyridine rings is 1. The van der Waals surface area contributed by atoms with Crippen molar-refractivity contribution in [2.45, 2.75) is 38.5 Å². The van der Waals surface area contributed by atoms with Crippen molar-refractivity contribution < 1.29 is 22.6 Å². The predicted octanol–water partition coefficient (Wildman–Crippen LogP) is 3.56. The SMILES string of the molecule is CC1(C)OCC(Cn2c(-c3ccccc3)cc(C(F)(F)F)c(C#N)c2=O)O1. The van der Waals surface area contributed by atoms with E-state index in [2.05, 4.69) is 0 Å². The van der Waals surface area contributed by atoms with E-state index in [1.54, 1.807) is 44.2 Å². The Morgan fingerprint density at radius 1 is 1.30 bits per heavy atom. The van der Waals surface area contributed by atoms with Crippen molar-refractivity contribution in [1.82, 2.24) is 4.57 Å². The van der Waals surface area contributed by atoms with Crippen molar-refractivity contribution in [3.05, 3.63) is 57.9 Å². The van der Waals surface area contributed by atoms with E-state index in [0.717, 1.165) is 10.6 Å². The second-order valence-corrected chi connectivity index (χ2v) is 6.66. The molecule has 5 nitrogen and oxygen atoms in total. The van der Waals surface area contributed by atoms with Gasteiger partial charge in [-0.25, -0.2) is 0 Å². The lowest BCUT2D eigenvalue weighted by Gasteiger charge is -2.21. The number of aromatic nitrogens is 1. The molecule has 1 aliphatic rings. The zero-order valence-corrected chi connectivity index (χ0v) is 14.7. The van der Waals surface area contributed by atoms with Gasteiger partial charge in [0.05, 0.1) is 24.4 Å². The van der Waals surface area contributed by atoms with E-state index >= 15 is 0 Å². The number of alkyl halides is 3. The van der Waals surface area contributed by atoms with Gasteiger partial charge in [0, 0.05) is 0 Å². The minimum absolute atomic E-state index is 0.0285. The highest BCUT2D eigenvalue weighted by Gasteiger charge is 2.38. The average Bonchev–Trinajstić information content (AvgIpc) is 2.94. The summed E-state index contributed by atoms with van der Waals surface area (Å²) in [6.45, 7) is 3.58. The molecule has 0 bridgehead atoms. The van der Waals surface area contributed by atoms with Crippen molar-refractivity contribution in [3.63, 3.8) is 0 Å². The minimum Gasteiger partial charge on any atom is -0.348 e. The smallest absolute Gasteiger partial charge is 0.348 e. The van der Waals surface area contributed by atoms with Gasteiger partial charge in [0.1, 0.15) is 17.7 Å². The lowest BCUT2D eigenvalue weighted by molar-refractivity contribution is -0.139. The van der Waals surface area contributed by atoms with Gasteiger partial charge in [0.15, 0.2) is 5.79 Å². The first-order valence-electron chi connectivity index (χ1n) is 8.25.